The molecule has 0 bridgehead atoms. The Hall–Kier alpha value is -2.99. The van der Waals surface area contributed by atoms with Gasteiger partial charge in [-0.15, -0.1) is 0 Å². The molecular formula is C19H15N3O2S. The van der Waals surface area contributed by atoms with E-state index in [9.17, 15) is 9.59 Å². The van der Waals surface area contributed by atoms with E-state index in [2.05, 4.69) is 17.2 Å². The van der Waals surface area contributed by atoms with Gasteiger partial charge in [0, 0.05) is 11.8 Å². The molecule has 2 heterocycles. The molecular weight excluding hydrogens is 334 g/mol. The van der Waals surface area contributed by atoms with Crippen molar-refractivity contribution in [2.75, 3.05) is 5.32 Å². The maximum atomic E-state index is 12.8. The molecule has 4 rings (SSSR count). The Morgan fingerprint density at radius 3 is 2.68 bits per heavy atom. The first kappa shape index (κ1) is 15.5. The van der Waals surface area contributed by atoms with Gasteiger partial charge in [0.25, 0.3) is 5.91 Å². The van der Waals surface area contributed by atoms with Crippen LogP contribution in [-0.2, 0) is 6.42 Å². The average molecular weight is 349 g/mol. The number of nitrogens with one attached hydrogen (secondary N) is 1. The summed E-state index contributed by atoms with van der Waals surface area (Å²) in [5.41, 5.74) is 3.74. The molecule has 2 aromatic heterocycles. The molecule has 1 amide bonds. The highest BCUT2D eigenvalue weighted by Crippen LogP contribution is 2.20. The van der Waals surface area contributed by atoms with Crippen molar-refractivity contribution in [3.05, 3.63) is 75.4 Å². The van der Waals surface area contributed by atoms with Crippen molar-refractivity contribution < 1.29 is 4.79 Å². The minimum Gasteiger partial charge on any atom is -0.321 e. The van der Waals surface area contributed by atoms with Crippen molar-refractivity contribution in [3.63, 3.8) is 0 Å². The van der Waals surface area contributed by atoms with Crippen LogP contribution >= 0.6 is 11.3 Å². The van der Waals surface area contributed by atoms with Gasteiger partial charge >= 0.3 is 0 Å². The molecule has 4 aromatic rings. The lowest BCUT2D eigenvalue weighted by atomic mass is 10.1. The van der Waals surface area contributed by atoms with E-state index in [1.165, 1.54) is 11.6 Å². The standard InChI is InChI=1S/C19H15N3O2S/c1-2-12-7-9-13(10-8-12)20-18(24)16-11-17(23)25-19-21-14-5-3-4-6-15(14)22(16)19/h3-11H,2H2,1H3,(H,20,24). The quantitative estimate of drug-likeness (QED) is 0.613. The lowest BCUT2D eigenvalue weighted by molar-refractivity contribution is 0.102. The van der Waals surface area contributed by atoms with E-state index in [0.29, 0.717) is 10.6 Å². The van der Waals surface area contributed by atoms with Gasteiger partial charge in [-0.3, -0.25) is 14.0 Å². The van der Waals surface area contributed by atoms with E-state index in [1.54, 1.807) is 4.40 Å². The van der Waals surface area contributed by atoms with Gasteiger partial charge in [0.2, 0.25) is 4.74 Å². The molecule has 0 aliphatic carbocycles. The molecule has 2 aromatic carbocycles. The molecule has 0 spiro atoms. The minimum absolute atomic E-state index is 0.200. The van der Waals surface area contributed by atoms with Gasteiger partial charge in [0.15, 0.2) is 4.96 Å². The zero-order valence-corrected chi connectivity index (χ0v) is 14.3. The van der Waals surface area contributed by atoms with Gasteiger partial charge < -0.3 is 5.32 Å². The lowest BCUT2D eigenvalue weighted by Gasteiger charge is -2.08. The number of nitrogens with zero attached hydrogens (tertiary/aromatic N) is 2. The Labute approximate surface area is 147 Å². The molecule has 6 heteroatoms. The van der Waals surface area contributed by atoms with Crippen molar-refractivity contribution in [1.29, 1.82) is 0 Å². The van der Waals surface area contributed by atoms with Crippen LogP contribution in [-0.4, -0.2) is 15.3 Å². The summed E-state index contributed by atoms with van der Waals surface area (Å²) < 4.78 is 1.53. The van der Waals surface area contributed by atoms with E-state index in [-0.39, 0.29) is 16.3 Å². The van der Waals surface area contributed by atoms with Crippen LogP contribution in [0.15, 0.2) is 59.4 Å². The summed E-state index contributed by atoms with van der Waals surface area (Å²) in [4.78, 5) is 29.8. The van der Waals surface area contributed by atoms with E-state index in [4.69, 9.17) is 0 Å². The highest BCUT2D eigenvalue weighted by Gasteiger charge is 2.16. The second-order valence-corrected chi connectivity index (χ2v) is 6.65. The molecule has 0 unspecified atom stereocenters. The van der Waals surface area contributed by atoms with E-state index in [0.717, 1.165) is 28.8 Å². The molecule has 1 N–H and O–H groups in total. The molecule has 0 radical (unpaired) electrons. The molecule has 5 nitrogen and oxygen atoms in total. The first-order valence-electron chi connectivity index (χ1n) is 7.97. The number of carbonyl (C=O) groups is 1. The number of hydrogen-bond acceptors (Lipinski definition) is 4. The number of rotatable bonds is 3. The summed E-state index contributed by atoms with van der Waals surface area (Å²) in [5.74, 6) is -0.331. The van der Waals surface area contributed by atoms with Gasteiger partial charge in [-0.1, -0.05) is 42.5 Å². The fourth-order valence-electron chi connectivity index (χ4n) is 2.79. The molecule has 124 valence electrons. The highest BCUT2D eigenvalue weighted by atomic mass is 32.1. The fourth-order valence-corrected chi connectivity index (χ4v) is 3.57. The molecule has 0 saturated carbocycles. The van der Waals surface area contributed by atoms with E-state index in [1.807, 2.05) is 48.5 Å². The second kappa shape index (κ2) is 6.14. The van der Waals surface area contributed by atoms with Crippen molar-refractivity contribution in [1.82, 2.24) is 9.38 Å². The van der Waals surface area contributed by atoms with Crippen molar-refractivity contribution in [3.8, 4) is 0 Å². The molecule has 25 heavy (non-hydrogen) atoms. The number of aryl methyl sites for hydroxylation is 1. The van der Waals surface area contributed by atoms with Crippen LogP contribution in [0.2, 0.25) is 0 Å². The van der Waals surface area contributed by atoms with Crippen LogP contribution in [0, 0.1) is 0 Å². The van der Waals surface area contributed by atoms with E-state index < -0.39 is 0 Å². The number of hydrogen-bond donors (Lipinski definition) is 1. The average Bonchev–Trinajstić information content (AvgIpc) is 2.99. The Morgan fingerprint density at radius 2 is 1.92 bits per heavy atom. The summed E-state index contributed by atoms with van der Waals surface area (Å²) in [7, 11) is 0. The van der Waals surface area contributed by atoms with Crippen molar-refractivity contribution in [2.45, 2.75) is 13.3 Å². The van der Waals surface area contributed by atoms with Crippen LogP contribution in [0.1, 0.15) is 23.0 Å². The van der Waals surface area contributed by atoms with Gasteiger partial charge in [0.1, 0.15) is 5.69 Å². The predicted molar refractivity (Wildman–Crippen MR) is 101 cm³/mol. The third-order valence-corrected chi connectivity index (χ3v) is 4.85. The number of aromatic nitrogens is 2. The second-order valence-electron chi connectivity index (χ2n) is 5.67. The summed E-state index contributed by atoms with van der Waals surface area (Å²) in [5, 5.41) is 2.86. The van der Waals surface area contributed by atoms with E-state index >= 15 is 0 Å². The van der Waals surface area contributed by atoms with Crippen LogP contribution in [0.4, 0.5) is 5.69 Å². The normalized spacial score (nSPS) is 11.1. The smallest absolute Gasteiger partial charge is 0.272 e. The Balaban J connectivity index is 1.81. The fraction of sp³-hybridized carbons (Fsp3) is 0.105. The number of fused-ring (bicyclic) bond motifs is 3. The Kier molecular flexibility index (Phi) is 3.82. The maximum absolute atomic E-state index is 12.8. The van der Waals surface area contributed by atoms with Crippen molar-refractivity contribution >= 4 is 38.9 Å². The van der Waals surface area contributed by atoms with Crippen LogP contribution < -0.4 is 10.1 Å². The summed E-state index contributed by atoms with van der Waals surface area (Å²) in [6.07, 6.45) is 0.940. The topological polar surface area (TPSA) is 63.5 Å². The van der Waals surface area contributed by atoms with Gasteiger partial charge in [0.05, 0.1) is 11.0 Å². The van der Waals surface area contributed by atoms with Gasteiger partial charge in [-0.2, -0.15) is 0 Å². The summed E-state index contributed by atoms with van der Waals surface area (Å²) in [6, 6.07) is 16.6. The minimum atomic E-state index is -0.331. The first-order valence-corrected chi connectivity index (χ1v) is 8.79. The largest absolute Gasteiger partial charge is 0.321 e. The molecule has 0 aliphatic heterocycles. The Bertz CT molecular complexity index is 1140. The van der Waals surface area contributed by atoms with Gasteiger partial charge in [-0.05, 0) is 36.2 Å². The number of amides is 1. The number of carbonyl (C=O) groups excluding carboxylic acids is 1. The molecule has 0 aliphatic rings. The number of imidazole rings is 1. The summed E-state index contributed by atoms with van der Waals surface area (Å²) >= 11 is 1.03. The van der Waals surface area contributed by atoms with Crippen LogP contribution in [0.25, 0.3) is 16.0 Å². The number of benzene rings is 2. The summed E-state index contributed by atoms with van der Waals surface area (Å²) in [6.45, 7) is 2.08. The Morgan fingerprint density at radius 1 is 1.16 bits per heavy atom. The third-order valence-electron chi connectivity index (χ3n) is 4.07. The lowest BCUT2D eigenvalue weighted by Crippen LogP contribution is -2.18. The first-order chi connectivity index (χ1) is 12.2. The number of anilines is 1. The van der Waals surface area contributed by atoms with Crippen LogP contribution in [0.3, 0.4) is 0 Å². The molecule has 0 fully saturated rings. The third kappa shape index (κ3) is 2.81. The van der Waals surface area contributed by atoms with Crippen LogP contribution in [0.5, 0.6) is 0 Å². The zero-order chi connectivity index (χ0) is 17.4. The predicted octanol–water partition coefficient (Wildman–Crippen LogP) is 3.72. The number of para-hydroxylation sites is 2. The SMILES string of the molecule is CCc1ccc(NC(=O)c2cc(=O)sc3nc4ccccc4n23)cc1. The highest BCUT2D eigenvalue weighted by molar-refractivity contribution is 7.14. The maximum Gasteiger partial charge on any atom is 0.272 e. The monoisotopic (exact) mass is 349 g/mol. The van der Waals surface area contributed by atoms with Crippen molar-refractivity contribution in [2.24, 2.45) is 0 Å². The van der Waals surface area contributed by atoms with Gasteiger partial charge in [-0.25, -0.2) is 4.98 Å². The molecule has 0 saturated heterocycles. The zero-order valence-electron chi connectivity index (χ0n) is 13.5. The molecule has 0 atom stereocenters.